The first-order valence-corrected chi connectivity index (χ1v) is 5.92. The highest BCUT2D eigenvalue weighted by Crippen LogP contribution is 2.25. The molecule has 0 amide bonds. The summed E-state index contributed by atoms with van der Waals surface area (Å²) in [6, 6.07) is 7.93. The zero-order valence-electron chi connectivity index (χ0n) is 10.2. The predicted octanol–water partition coefficient (Wildman–Crippen LogP) is 2.16. The van der Waals surface area contributed by atoms with Gasteiger partial charge in [0, 0.05) is 23.6 Å². The van der Waals surface area contributed by atoms with E-state index in [1.165, 1.54) is 0 Å². The number of rotatable bonds is 1. The van der Waals surface area contributed by atoms with E-state index in [2.05, 4.69) is 4.90 Å². The summed E-state index contributed by atoms with van der Waals surface area (Å²) in [6.45, 7) is 3.46. The Morgan fingerprint density at radius 3 is 2.26 bits per heavy atom. The molecule has 0 spiro atoms. The maximum Gasteiger partial charge on any atom is 0.366 e. The average molecular weight is 278 g/mol. The molecule has 1 fully saturated rings. The van der Waals surface area contributed by atoms with Crippen molar-refractivity contribution in [3.05, 3.63) is 34.8 Å². The molecule has 0 bridgehead atoms. The number of hydrogen-bond acceptors (Lipinski definition) is 4. The third kappa shape index (κ3) is 4.92. The summed E-state index contributed by atoms with van der Waals surface area (Å²) in [6.07, 6.45) is 2.28. The van der Waals surface area contributed by atoms with Crippen LogP contribution < -0.4 is 4.90 Å². The summed E-state index contributed by atoms with van der Waals surface area (Å²) in [5, 5.41) is 15.9. The van der Waals surface area contributed by atoms with Crippen molar-refractivity contribution in [3.63, 3.8) is 0 Å². The number of nitrogens with zero attached hydrogens (tertiary/aromatic N) is 5. The minimum Gasteiger partial charge on any atom is -0.623 e. The van der Waals surface area contributed by atoms with E-state index < -0.39 is 0 Å². The van der Waals surface area contributed by atoms with Crippen LogP contribution in [0.1, 0.15) is 0 Å². The van der Waals surface area contributed by atoms with Crippen LogP contribution in [0.15, 0.2) is 24.3 Å². The minimum absolute atomic E-state index is 0.139. The van der Waals surface area contributed by atoms with Crippen LogP contribution in [-0.2, 0) is 4.74 Å². The van der Waals surface area contributed by atoms with Gasteiger partial charge in [0.15, 0.2) is 0 Å². The van der Waals surface area contributed by atoms with Crippen LogP contribution in [-0.4, -0.2) is 31.0 Å². The lowest BCUT2D eigenvalue weighted by molar-refractivity contribution is -0.362. The lowest BCUT2D eigenvalue weighted by Crippen LogP contribution is -2.36. The van der Waals surface area contributed by atoms with E-state index in [1.807, 2.05) is 24.3 Å². The Morgan fingerprint density at radius 1 is 1.21 bits per heavy atom. The molecule has 1 saturated heterocycles. The van der Waals surface area contributed by atoms with E-state index in [4.69, 9.17) is 32.4 Å². The monoisotopic (exact) mass is 277 g/mol. The van der Waals surface area contributed by atoms with Gasteiger partial charge in [-0.2, -0.15) is 4.70 Å². The van der Waals surface area contributed by atoms with Crippen molar-refractivity contribution in [2.24, 2.45) is 0 Å². The maximum absolute atomic E-state index is 7.78. The molecule has 7 heteroatoms. The molecule has 1 aliphatic rings. The zero-order chi connectivity index (χ0) is 14.1. The first-order valence-electron chi connectivity index (χ1n) is 5.54. The molecule has 0 N–H and O–H groups in total. The second kappa shape index (κ2) is 8.04. The molecule has 6 nitrogen and oxygen atoms in total. The summed E-state index contributed by atoms with van der Waals surface area (Å²) in [5.74, 6) is 0. The van der Waals surface area contributed by atoms with Crippen LogP contribution in [0.3, 0.4) is 0 Å². The van der Waals surface area contributed by atoms with E-state index in [-0.39, 0.29) is 4.70 Å². The molecule has 98 valence electrons. The first-order chi connectivity index (χ1) is 9.19. The zero-order valence-corrected chi connectivity index (χ0v) is 10.9. The normalized spacial score (nSPS) is 13.5. The molecule has 0 unspecified atom stereocenters. The Labute approximate surface area is 116 Å². The molecule has 0 atom stereocenters. The third-order valence-electron chi connectivity index (χ3n) is 2.39. The lowest BCUT2D eigenvalue weighted by Gasteiger charge is -2.29. The van der Waals surface area contributed by atoms with Crippen molar-refractivity contribution < 1.29 is 9.43 Å². The molecule has 2 rings (SSSR count). The Bertz CT molecular complexity index is 498. The molecule has 0 aliphatic carbocycles. The topological polar surface area (TPSA) is 85.4 Å². The Kier molecular flexibility index (Phi) is 6.31. The number of benzene rings is 1. The third-order valence-corrected chi connectivity index (χ3v) is 2.71. The molecule has 0 saturated carbocycles. The molecule has 1 aromatic rings. The lowest BCUT2D eigenvalue weighted by atomic mass is 10.2. The van der Waals surface area contributed by atoms with E-state index in [1.54, 1.807) is 0 Å². The van der Waals surface area contributed by atoms with Gasteiger partial charge in [-0.3, -0.25) is 0 Å². The fraction of sp³-hybridized carbons (Fsp3) is 0.333. The number of nitriles is 2. The highest BCUT2D eigenvalue weighted by Gasteiger charge is 2.12. The van der Waals surface area contributed by atoms with Gasteiger partial charge in [-0.05, 0) is 12.1 Å². The number of anilines is 1. The van der Waals surface area contributed by atoms with Crippen molar-refractivity contribution in [2.45, 2.75) is 0 Å². The predicted molar refractivity (Wildman–Crippen MR) is 69.3 cm³/mol. The van der Waals surface area contributed by atoms with Crippen LogP contribution in [0.5, 0.6) is 0 Å². The van der Waals surface area contributed by atoms with Crippen LogP contribution in [0.2, 0.25) is 5.02 Å². The number of halogens is 1. The molecular formula is C12H12ClN5O. The van der Waals surface area contributed by atoms with Gasteiger partial charge in [0.05, 0.1) is 23.9 Å². The number of morpholine rings is 1. The molecule has 0 radical (unpaired) electrons. The van der Waals surface area contributed by atoms with Crippen molar-refractivity contribution in [1.29, 1.82) is 10.5 Å². The van der Waals surface area contributed by atoms with Gasteiger partial charge >= 0.3 is 12.4 Å². The van der Waals surface area contributed by atoms with E-state index in [9.17, 15) is 0 Å². The van der Waals surface area contributed by atoms with Gasteiger partial charge in [-0.1, -0.05) is 23.7 Å². The summed E-state index contributed by atoms with van der Waals surface area (Å²) in [4.78, 5) is 2.26. The summed E-state index contributed by atoms with van der Waals surface area (Å²) in [5.41, 5.74) is 8.90. The molecule has 1 aromatic carbocycles. The van der Waals surface area contributed by atoms with Gasteiger partial charge in [0.1, 0.15) is 0 Å². The molecule has 19 heavy (non-hydrogen) atoms. The van der Waals surface area contributed by atoms with Crippen LogP contribution in [0.4, 0.5) is 5.69 Å². The summed E-state index contributed by atoms with van der Waals surface area (Å²) in [7, 11) is 0. The van der Waals surface area contributed by atoms with Crippen molar-refractivity contribution in [2.75, 3.05) is 31.2 Å². The van der Waals surface area contributed by atoms with Gasteiger partial charge < -0.3 is 15.2 Å². The van der Waals surface area contributed by atoms with Gasteiger partial charge in [-0.15, -0.1) is 0 Å². The van der Waals surface area contributed by atoms with E-state index in [0.29, 0.717) is 0 Å². The van der Waals surface area contributed by atoms with E-state index in [0.717, 1.165) is 49.4 Å². The van der Waals surface area contributed by atoms with Crippen molar-refractivity contribution in [3.8, 4) is 12.4 Å². The Hall–Kier alpha value is -2.15. The molecule has 1 heterocycles. The fourth-order valence-corrected chi connectivity index (χ4v) is 1.79. The Morgan fingerprint density at radius 2 is 1.79 bits per heavy atom. The number of ether oxygens (including phenoxy) is 1. The molecular weight excluding hydrogens is 266 g/mol. The number of hydrogen-bond donors (Lipinski definition) is 0. The minimum atomic E-state index is -0.139. The van der Waals surface area contributed by atoms with Crippen molar-refractivity contribution >= 4 is 17.3 Å². The second-order valence-corrected chi connectivity index (χ2v) is 3.97. The van der Waals surface area contributed by atoms with Gasteiger partial charge in [-0.25, -0.2) is 0 Å². The smallest absolute Gasteiger partial charge is 0.366 e. The first kappa shape index (κ1) is 14.9. The van der Waals surface area contributed by atoms with Crippen LogP contribution >= 0.6 is 11.6 Å². The molecule has 1 aliphatic heterocycles. The summed E-state index contributed by atoms with van der Waals surface area (Å²) >= 11 is 6.08. The SMILES string of the molecule is Clc1ccccc1N1CCOCC1.N#C[N+](=[N-])C#N. The second-order valence-electron chi connectivity index (χ2n) is 3.56. The van der Waals surface area contributed by atoms with Crippen LogP contribution in [0.25, 0.3) is 5.53 Å². The standard InChI is InChI=1S/C10H12ClNO.C2N4/c11-9-3-1-2-4-10(9)12-5-7-13-8-6-12;3-1-6(5)2-4/h1-4H,5-8H2;. The van der Waals surface area contributed by atoms with E-state index >= 15 is 0 Å². The molecule has 0 aromatic heterocycles. The van der Waals surface area contributed by atoms with Crippen molar-refractivity contribution in [1.82, 2.24) is 0 Å². The Balaban J connectivity index is 0.000000258. The average Bonchev–Trinajstić information content (AvgIpc) is 2.48. The highest BCUT2D eigenvalue weighted by molar-refractivity contribution is 6.33. The van der Waals surface area contributed by atoms with Gasteiger partial charge in [0.25, 0.3) is 0 Å². The quantitative estimate of drug-likeness (QED) is 0.341. The fourth-order valence-electron chi connectivity index (χ4n) is 1.53. The largest absolute Gasteiger partial charge is 0.623 e. The summed E-state index contributed by atoms with van der Waals surface area (Å²) < 4.78 is 5.14. The highest BCUT2D eigenvalue weighted by atomic mass is 35.5. The number of para-hydroxylation sites is 1. The maximum atomic E-state index is 7.78. The van der Waals surface area contributed by atoms with Crippen LogP contribution in [0, 0.1) is 22.9 Å². The van der Waals surface area contributed by atoms with Gasteiger partial charge in [0.2, 0.25) is 0 Å².